The van der Waals surface area contributed by atoms with Crippen molar-refractivity contribution in [1.82, 2.24) is 5.32 Å². The van der Waals surface area contributed by atoms with E-state index in [4.69, 9.17) is 9.47 Å². The number of phenols is 1. The summed E-state index contributed by atoms with van der Waals surface area (Å²) in [7, 11) is 3.15. The number of aromatic hydroxyl groups is 1. The summed E-state index contributed by atoms with van der Waals surface area (Å²) < 4.78 is 10.5. The van der Waals surface area contributed by atoms with E-state index in [1.807, 2.05) is 19.9 Å². The Morgan fingerprint density at radius 2 is 2.12 bits per heavy atom. The van der Waals surface area contributed by atoms with E-state index in [-0.39, 0.29) is 23.8 Å². The van der Waals surface area contributed by atoms with E-state index >= 15 is 0 Å². The molecule has 0 aromatic heterocycles. The van der Waals surface area contributed by atoms with Gasteiger partial charge in [0.25, 0.3) is 0 Å². The number of phenolic OH excluding ortho intramolecular Hbond substituents is 1. The number of methoxy groups -OCH3 is 1. The minimum absolute atomic E-state index is 0.0145. The van der Waals surface area contributed by atoms with Gasteiger partial charge in [0, 0.05) is 24.6 Å². The third-order valence-corrected chi connectivity index (χ3v) is 4.33. The number of hydrogen-bond acceptors (Lipinski definition) is 5. The Balaban J connectivity index is 2.30. The quantitative estimate of drug-likeness (QED) is 0.617. The lowest BCUT2D eigenvalue weighted by Gasteiger charge is -2.15. The van der Waals surface area contributed by atoms with Crippen LogP contribution >= 0.6 is 0 Å². The van der Waals surface area contributed by atoms with Crippen molar-refractivity contribution in [3.05, 3.63) is 33.9 Å². The van der Waals surface area contributed by atoms with E-state index in [2.05, 4.69) is 5.32 Å². The van der Waals surface area contributed by atoms with Crippen molar-refractivity contribution in [2.24, 2.45) is 0 Å². The van der Waals surface area contributed by atoms with Gasteiger partial charge < -0.3 is 19.9 Å². The van der Waals surface area contributed by atoms with Crippen molar-refractivity contribution in [2.75, 3.05) is 14.2 Å². The third kappa shape index (κ3) is 3.37. The van der Waals surface area contributed by atoms with Crippen LogP contribution in [0.2, 0.25) is 0 Å². The van der Waals surface area contributed by atoms with Crippen LogP contribution in [0.5, 0.6) is 11.5 Å². The lowest BCUT2D eigenvalue weighted by atomic mass is 9.94. The molecule has 1 amide bonds. The van der Waals surface area contributed by atoms with E-state index in [1.54, 1.807) is 7.05 Å². The maximum absolute atomic E-state index is 11.9. The molecular formula is C18H23NO5. The molecule has 0 radical (unpaired) electrons. The first kappa shape index (κ1) is 17.8. The van der Waals surface area contributed by atoms with Crippen LogP contribution in [0.25, 0.3) is 0 Å². The lowest BCUT2D eigenvalue weighted by Crippen LogP contribution is -2.17. The summed E-state index contributed by atoms with van der Waals surface area (Å²) in [4.78, 5) is 23.2. The molecule has 1 aliphatic rings. The Labute approximate surface area is 141 Å². The fraction of sp³-hybridized carbons (Fsp3) is 0.444. The summed E-state index contributed by atoms with van der Waals surface area (Å²) in [6.45, 7) is 3.94. The second-order valence-corrected chi connectivity index (χ2v) is 5.84. The fourth-order valence-corrected chi connectivity index (χ4v) is 2.84. The molecule has 1 aromatic rings. The Morgan fingerprint density at radius 3 is 2.75 bits per heavy atom. The number of hydrogen-bond donors (Lipinski definition) is 2. The number of carbonyl (C=O) groups is 2. The SMILES string of the molecule is CNC(=O)CC/C(C)=C/Cc1c(O)c2c(c(C)c1OC)COC2=O. The van der Waals surface area contributed by atoms with Crippen molar-refractivity contribution in [2.45, 2.75) is 39.7 Å². The van der Waals surface area contributed by atoms with Crippen molar-refractivity contribution < 1.29 is 24.2 Å². The molecule has 0 fully saturated rings. The Hall–Kier alpha value is -2.50. The molecule has 0 aliphatic carbocycles. The van der Waals surface area contributed by atoms with E-state index < -0.39 is 5.97 Å². The highest BCUT2D eigenvalue weighted by molar-refractivity contribution is 5.98. The predicted molar refractivity (Wildman–Crippen MR) is 89.3 cm³/mol. The summed E-state index contributed by atoms with van der Waals surface area (Å²) in [6, 6.07) is 0. The molecule has 1 heterocycles. The van der Waals surface area contributed by atoms with Crippen molar-refractivity contribution in [3.63, 3.8) is 0 Å². The van der Waals surface area contributed by atoms with E-state index in [0.29, 0.717) is 36.1 Å². The van der Waals surface area contributed by atoms with Gasteiger partial charge in [0.2, 0.25) is 5.91 Å². The summed E-state index contributed by atoms with van der Waals surface area (Å²) in [5.41, 5.74) is 3.31. The highest BCUT2D eigenvalue weighted by Gasteiger charge is 2.31. The summed E-state index contributed by atoms with van der Waals surface area (Å²) in [6.07, 6.45) is 3.40. The maximum atomic E-state index is 11.9. The van der Waals surface area contributed by atoms with Gasteiger partial charge in [-0.2, -0.15) is 0 Å². The average molecular weight is 333 g/mol. The first-order chi connectivity index (χ1) is 11.4. The number of esters is 1. The van der Waals surface area contributed by atoms with Gasteiger partial charge in [-0.3, -0.25) is 4.79 Å². The number of ether oxygens (including phenoxy) is 2. The van der Waals surface area contributed by atoms with Crippen LogP contribution in [-0.2, 0) is 22.6 Å². The smallest absolute Gasteiger partial charge is 0.342 e. The first-order valence-electron chi connectivity index (χ1n) is 7.85. The highest BCUT2D eigenvalue weighted by Crippen LogP contribution is 2.41. The maximum Gasteiger partial charge on any atom is 0.342 e. The van der Waals surface area contributed by atoms with Crippen molar-refractivity contribution in [1.29, 1.82) is 0 Å². The largest absolute Gasteiger partial charge is 0.507 e. The number of nitrogens with one attached hydrogen (secondary N) is 1. The normalized spacial score (nSPS) is 13.5. The molecule has 6 heteroatoms. The van der Waals surface area contributed by atoms with E-state index in [9.17, 15) is 14.7 Å². The molecule has 0 atom stereocenters. The summed E-state index contributed by atoms with van der Waals surface area (Å²) >= 11 is 0. The molecule has 0 bridgehead atoms. The second kappa shape index (κ2) is 7.38. The zero-order valence-corrected chi connectivity index (χ0v) is 14.5. The Kier molecular flexibility index (Phi) is 5.49. The number of allylic oxidation sites excluding steroid dienone is 2. The molecule has 24 heavy (non-hydrogen) atoms. The van der Waals surface area contributed by atoms with Crippen LogP contribution in [0.15, 0.2) is 11.6 Å². The third-order valence-electron chi connectivity index (χ3n) is 4.33. The summed E-state index contributed by atoms with van der Waals surface area (Å²) in [5, 5.41) is 13.1. The van der Waals surface area contributed by atoms with Crippen LogP contribution in [0.3, 0.4) is 0 Å². The van der Waals surface area contributed by atoms with Gasteiger partial charge in [-0.15, -0.1) is 0 Å². The first-order valence-corrected chi connectivity index (χ1v) is 7.85. The molecular weight excluding hydrogens is 310 g/mol. The van der Waals surface area contributed by atoms with Gasteiger partial charge in [-0.25, -0.2) is 4.79 Å². The van der Waals surface area contributed by atoms with Gasteiger partial charge in [0.15, 0.2) is 0 Å². The second-order valence-electron chi connectivity index (χ2n) is 5.84. The number of rotatable bonds is 6. The Bertz CT molecular complexity index is 706. The van der Waals surface area contributed by atoms with Crippen LogP contribution in [0.4, 0.5) is 0 Å². The Morgan fingerprint density at radius 1 is 1.42 bits per heavy atom. The number of amides is 1. The van der Waals surface area contributed by atoms with Gasteiger partial charge >= 0.3 is 5.97 Å². The molecule has 2 rings (SSSR count). The molecule has 2 N–H and O–H groups in total. The van der Waals surface area contributed by atoms with Crippen molar-refractivity contribution >= 4 is 11.9 Å². The fourth-order valence-electron chi connectivity index (χ4n) is 2.84. The minimum atomic E-state index is -0.505. The average Bonchev–Trinajstić information content (AvgIpc) is 2.96. The standard InChI is InChI=1S/C18H23NO5/c1-10(6-8-14(20)19-3)5-7-12-16(21)15-13(9-24-18(15)22)11(2)17(12)23-4/h5,21H,6-9H2,1-4H3,(H,19,20)/b10-5+. The van der Waals surface area contributed by atoms with Crippen LogP contribution in [0, 0.1) is 6.92 Å². The van der Waals surface area contributed by atoms with Gasteiger partial charge in [-0.05, 0) is 32.3 Å². The monoisotopic (exact) mass is 333 g/mol. The topological polar surface area (TPSA) is 84.9 Å². The van der Waals surface area contributed by atoms with Gasteiger partial charge in [-0.1, -0.05) is 11.6 Å². The lowest BCUT2D eigenvalue weighted by molar-refractivity contribution is -0.120. The van der Waals surface area contributed by atoms with E-state index in [0.717, 1.165) is 11.1 Å². The molecule has 130 valence electrons. The highest BCUT2D eigenvalue weighted by atomic mass is 16.5. The molecule has 1 aliphatic heterocycles. The number of cyclic esters (lactones) is 1. The number of fused-ring (bicyclic) bond motifs is 1. The zero-order valence-electron chi connectivity index (χ0n) is 14.5. The molecule has 1 aromatic carbocycles. The minimum Gasteiger partial charge on any atom is -0.507 e. The van der Waals surface area contributed by atoms with E-state index in [1.165, 1.54) is 7.11 Å². The molecule has 6 nitrogen and oxygen atoms in total. The molecule has 0 saturated heterocycles. The van der Waals surface area contributed by atoms with Gasteiger partial charge in [0.1, 0.15) is 23.7 Å². The summed E-state index contributed by atoms with van der Waals surface area (Å²) in [5.74, 6) is -0.0284. The van der Waals surface area contributed by atoms with Crippen LogP contribution in [-0.4, -0.2) is 31.1 Å². The molecule has 0 unspecified atom stereocenters. The van der Waals surface area contributed by atoms with Gasteiger partial charge in [0.05, 0.1) is 7.11 Å². The van der Waals surface area contributed by atoms with Crippen LogP contribution < -0.4 is 10.1 Å². The zero-order chi connectivity index (χ0) is 17.9. The number of benzene rings is 1. The number of carbonyl (C=O) groups excluding carboxylic acids is 2. The molecule has 0 spiro atoms. The van der Waals surface area contributed by atoms with Crippen molar-refractivity contribution in [3.8, 4) is 11.5 Å². The molecule has 0 saturated carbocycles. The predicted octanol–water partition coefficient (Wildman–Crippen LogP) is 2.39. The van der Waals surface area contributed by atoms with Crippen LogP contribution in [0.1, 0.15) is 46.8 Å².